The lowest BCUT2D eigenvalue weighted by Crippen LogP contribution is -2.23. The summed E-state index contributed by atoms with van der Waals surface area (Å²) in [4.78, 5) is 18.6. The second-order valence-corrected chi connectivity index (χ2v) is 11.5. The van der Waals surface area contributed by atoms with E-state index in [1.165, 1.54) is 11.3 Å². The summed E-state index contributed by atoms with van der Waals surface area (Å²) in [6.45, 7) is 7.11. The van der Waals surface area contributed by atoms with Crippen LogP contribution in [0.5, 0.6) is 11.5 Å². The third-order valence-electron chi connectivity index (χ3n) is 7.08. The van der Waals surface area contributed by atoms with Gasteiger partial charge in [0.25, 0.3) is 11.8 Å². The second kappa shape index (κ2) is 13.6. The van der Waals surface area contributed by atoms with Gasteiger partial charge < -0.3 is 23.8 Å². The van der Waals surface area contributed by atoms with Crippen molar-refractivity contribution in [2.75, 3.05) is 6.54 Å². The predicted octanol–water partition coefficient (Wildman–Crippen LogP) is 8.15. The summed E-state index contributed by atoms with van der Waals surface area (Å²) in [7, 11) is 0. The molecule has 9 nitrogen and oxygen atoms in total. The highest BCUT2D eigenvalue weighted by atomic mass is 32.1. The van der Waals surface area contributed by atoms with Crippen LogP contribution in [0.3, 0.4) is 0 Å². The molecule has 0 radical (unpaired) electrons. The number of nitrogens with one attached hydrogen (secondary N) is 1. The molecule has 0 spiro atoms. The van der Waals surface area contributed by atoms with E-state index < -0.39 is 5.91 Å². The molecule has 45 heavy (non-hydrogen) atoms. The number of carbonyl (C=O) groups excluding carboxylic acids is 1. The third-order valence-corrected chi connectivity index (χ3v) is 7.94. The lowest BCUT2D eigenvalue weighted by Gasteiger charge is -2.19. The molecule has 0 saturated carbocycles. The standard InChI is InChI=1S/C35H32N4O5S/c1-4-36-34(40)31-30(33-37-35(44-39-33)29-16-11-17-45-29)32(43-38-31)26-18-25(22(2)3)27(41-20-23-12-7-5-8-13-23)19-28(26)42-21-24-14-9-6-10-15-24/h5-19,22H,4,20-21H2,1-3H3,(H,36,40). The number of ether oxygens (including phenoxy) is 2. The van der Waals surface area contributed by atoms with E-state index in [1.807, 2.05) is 97.2 Å². The van der Waals surface area contributed by atoms with Crippen LogP contribution in [-0.4, -0.2) is 27.7 Å². The second-order valence-electron chi connectivity index (χ2n) is 10.6. The van der Waals surface area contributed by atoms with Crippen LogP contribution in [0.2, 0.25) is 0 Å². The number of hydrogen-bond donors (Lipinski definition) is 1. The van der Waals surface area contributed by atoms with Crippen LogP contribution in [-0.2, 0) is 13.2 Å². The molecule has 0 unspecified atom stereocenters. The fourth-order valence-corrected chi connectivity index (χ4v) is 5.47. The van der Waals surface area contributed by atoms with Gasteiger partial charge in [-0.05, 0) is 47.0 Å². The first-order valence-electron chi connectivity index (χ1n) is 14.7. The zero-order valence-electron chi connectivity index (χ0n) is 25.2. The minimum atomic E-state index is -0.413. The van der Waals surface area contributed by atoms with Crippen LogP contribution in [0, 0.1) is 0 Å². The molecule has 0 aliphatic rings. The Hall–Kier alpha value is -5.22. The van der Waals surface area contributed by atoms with E-state index in [1.54, 1.807) is 0 Å². The van der Waals surface area contributed by atoms with E-state index in [-0.39, 0.29) is 23.2 Å². The molecule has 0 aliphatic heterocycles. The number of carbonyl (C=O) groups is 1. The molecule has 10 heteroatoms. The van der Waals surface area contributed by atoms with E-state index in [4.69, 9.17) is 18.5 Å². The van der Waals surface area contributed by atoms with E-state index in [0.29, 0.717) is 48.3 Å². The summed E-state index contributed by atoms with van der Waals surface area (Å²) in [5.74, 6) is 1.65. The highest BCUT2D eigenvalue weighted by Crippen LogP contribution is 2.44. The van der Waals surface area contributed by atoms with Crippen LogP contribution in [0.15, 0.2) is 99.4 Å². The Bertz CT molecular complexity index is 1870. The monoisotopic (exact) mass is 620 g/mol. The van der Waals surface area contributed by atoms with Gasteiger partial charge in [0.05, 0.1) is 10.4 Å². The molecule has 6 rings (SSSR count). The first-order chi connectivity index (χ1) is 22.0. The summed E-state index contributed by atoms with van der Waals surface area (Å²) in [5.41, 5.74) is 3.91. The predicted molar refractivity (Wildman–Crippen MR) is 172 cm³/mol. The number of hydrogen-bond acceptors (Lipinski definition) is 9. The van der Waals surface area contributed by atoms with Crippen molar-refractivity contribution in [2.24, 2.45) is 0 Å². The van der Waals surface area contributed by atoms with Crippen molar-refractivity contribution in [3.8, 4) is 45.0 Å². The van der Waals surface area contributed by atoms with E-state index in [9.17, 15) is 4.79 Å². The minimum absolute atomic E-state index is 0.0508. The molecule has 0 saturated heterocycles. The maximum absolute atomic E-state index is 13.2. The quantitative estimate of drug-likeness (QED) is 0.146. The van der Waals surface area contributed by atoms with Gasteiger partial charge in [0.15, 0.2) is 11.5 Å². The molecule has 0 fully saturated rings. The maximum atomic E-state index is 13.2. The number of amides is 1. The van der Waals surface area contributed by atoms with Crippen molar-refractivity contribution < 1.29 is 23.3 Å². The summed E-state index contributed by atoms with van der Waals surface area (Å²) >= 11 is 1.47. The molecule has 3 heterocycles. The average Bonchev–Trinajstić information content (AvgIpc) is 3.85. The van der Waals surface area contributed by atoms with Crippen molar-refractivity contribution in [3.63, 3.8) is 0 Å². The van der Waals surface area contributed by atoms with Gasteiger partial charge in [-0.25, -0.2) is 0 Å². The molecule has 228 valence electrons. The molecule has 3 aromatic heterocycles. The van der Waals surface area contributed by atoms with Crippen molar-refractivity contribution >= 4 is 17.2 Å². The number of rotatable bonds is 12. The van der Waals surface area contributed by atoms with Gasteiger partial charge in [0, 0.05) is 12.6 Å². The fraction of sp³-hybridized carbons (Fsp3) is 0.200. The number of benzene rings is 3. The Morgan fingerprint density at radius 1 is 0.867 bits per heavy atom. The van der Waals surface area contributed by atoms with Gasteiger partial charge >= 0.3 is 0 Å². The third kappa shape index (κ3) is 6.66. The lowest BCUT2D eigenvalue weighted by atomic mass is 9.96. The fourth-order valence-electron chi connectivity index (χ4n) is 4.83. The minimum Gasteiger partial charge on any atom is -0.488 e. The van der Waals surface area contributed by atoms with Gasteiger partial charge in [0.2, 0.25) is 5.82 Å². The number of aromatic nitrogens is 3. The Labute approximate surface area is 264 Å². The van der Waals surface area contributed by atoms with E-state index in [2.05, 4.69) is 34.5 Å². The van der Waals surface area contributed by atoms with Gasteiger partial charge in [-0.2, -0.15) is 4.98 Å². The highest BCUT2D eigenvalue weighted by molar-refractivity contribution is 7.13. The molecular formula is C35H32N4O5S. The Kier molecular flexibility index (Phi) is 9.02. The highest BCUT2D eigenvalue weighted by Gasteiger charge is 2.31. The molecule has 1 amide bonds. The normalized spacial score (nSPS) is 11.1. The largest absolute Gasteiger partial charge is 0.488 e. The Balaban J connectivity index is 1.49. The Morgan fingerprint density at radius 2 is 1.56 bits per heavy atom. The topological polar surface area (TPSA) is 113 Å². The molecule has 1 N–H and O–H groups in total. The summed E-state index contributed by atoms with van der Waals surface area (Å²) in [6.07, 6.45) is 0. The smallest absolute Gasteiger partial charge is 0.274 e. The van der Waals surface area contributed by atoms with Crippen molar-refractivity contribution in [2.45, 2.75) is 39.9 Å². The molecule has 3 aromatic carbocycles. The van der Waals surface area contributed by atoms with Crippen molar-refractivity contribution in [1.29, 1.82) is 0 Å². The molecular weight excluding hydrogens is 588 g/mol. The van der Waals surface area contributed by atoms with Crippen LogP contribution in [0.1, 0.15) is 53.9 Å². The van der Waals surface area contributed by atoms with Gasteiger partial charge in [-0.3, -0.25) is 4.79 Å². The number of nitrogens with zero attached hydrogens (tertiary/aromatic N) is 3. The molecule has 6 aromatic rings. The zero-order valence-corrected chi connectivity index (χ0v) is 26.0. The first kappa shape index (κ1) is 29.8. The van der Waals surface area contributed by atoms with E-state index >= 15 is 0 Å². The molecule has 0 atom stereocenters. The summed E-state index contributed by atoms with van der Waals surface area (Å²) in [6, 6.07) is 27.5. The van der Waals surface area contributed by atoms with Crippen LogP contribution >= 0.6 is 11.3 Å². The average molecular weight is 621 g/mol. The van der Waals surface area contributed by atoms with Crippen molar-refractivity contribution in [3.05, 3.63) is 113 Å². The zero-order chi connectivity index (χ0) is 31.2. The summed E-state index contributed by atoms with van der Waals surface area (Å²) < 4.78 is 24.4. The van der Waals surface area contributed by atoms with Crippen molar-refractivity contribution in [1.82, 2.24) is 20.6 Å². The van der Waals surface area contributed by atoms with Gasteiger partial charge in [-0.15, -0.1) is 11.3 Å². The molecule has 0 bridgehead atoms. The Morgan fingerprint density at radius 3 is 2.18 bits per heavy atom. The van der Waals surface area contributed by atoms with Crippen LogP contribution in [0.4, 0.5) is 0 Å². The molecule has 0 aliphatic carbocycles. The van der Waals surface area contributed by atoms with Gasteiger partial charge in [0.1, 0.15) is 30.3 Å². The van der Waals surface area contributed by atoms with Crippen LogP contribution < -0.4 is 14.8 Å². The number of thiophene rings is 1. The van der Waals surface area contributed by atoms with E-state index in [0.717, 1.165) is 21.6 Å². The maximum Gasteiger partial charge on any atom is 0.274 e. The van der Waals surface area contributed by atoms with Crippen LogP contribution in [0.25, 0.3) is 33.5 Å². The SMILES string of the molecule is CCNC(=O)c1noc(-c2cc(C(C)C)c(OCc3ccccc3)cc2OCc2ccccc2)c1-c1noc(-c2cccs2)n1. The first-order valence-corrected chi connectivity index (χ1v) is 15.6. The lowest BCUT2D eigenvalue weighted by molar-refractivity contribution is 0.0947. The van der Waals surface area contributed by atoms with Gasteiger partial charge in [-0.1, -0.05) is 90.9 Å². The summed E-state index contributed by atoms with van der Waals surface area (Å²) in [5, 5.41) is 13.2.